The highest BCUT2D eigenvalue weighted by Crippen LogP contribution is 2.25. The van der Waals surface area contributed by atoms with Crippen LogP contribution in [-0.4, -0.2) is 13.2 Å². The van der Waals surface area contributed by atoms with E-state index in [2.05, 4.69) is 36.5 Å². The Balaban J connectivity index is 1.80. The first kappa shape index (κ1) is 15.9. The maximum atomic E-state index is 6.15. The van der Waals surface area contributed by atoms with Crippen molar-refractivity contribution in [1.82, 2.24) is 5.32 Å². The van der Waals surface area contributed by atoms with Crippen LogP contribution in [0.3, 0.4) is 0 Å². The van der Waals surface area contributed by atoms with E-state index in [4.69, 9.17) is 16.3 Å². The van der Waals surface area contributed by atoms with Crippen molar-refractivity contribution in [1.29, 1.82) is 0 Å². The lowest BCUT2D eigenvalue weighted by Gasteiger charge is -2.15. The molecule has 2 rings (SSSR count). The second kappa shape index (κ2) is 7.48. The van der Waals surface area contributed by atoms with Gasteiger partial charge in [-0.05, 0) is 49.6 Å². The molecular formula is C18H22ClNO. The van der Waals surface area contributed by atoms with Gasteiger partial charge in [0.25, 0.3) is 0 Å². The van der Waals surface area contributed by atoms with Crippen molar-refractivity contribution in [3.63, 3.8) is 0 Å². The Morgan fingerprint density at radius 3 is 2.33 bits per heavy atom. The van der Waals surface area contributed by atoms with Crippen LogP contribution in [0.5, 0.6) is 5.75 Å². The SMILES string of the molecule is Cc1cc(OCCNC(C)c2ccccc2)cc(C)c1Cl. The van der Waals surface area contributed by atoms with Gasteiger partial charge in [-0.1, -0.05) is 41.9 Å². The van der Waals surface area contributed by atoms with Crippen LogP contribution in [0.2, 0.25) is 5.02 Å². The largest absolute Gasteiger partial charge is 0.492 e. The fourth-order valence-electron chi connectivity index (χ4n) is 2.29. The van der Waals surface area contributed by atoms with E-state index in [0.29, 0.717) is 12.6 Å². The van der Waals surface area contributed by atoms with Gasteiger partial charge >= 0.3 is 0 Å². The summed E-state index contributed by atoms with van der Waals surface area (Å²) in [6, 6.07) is 14.7. The molecule has 0 fully saturated rings. The summed E-state index contributed by atoms with van der Waals surface area (Å²) >= 11 is 6.15. The third kappa shape index (κ3) is 4.48. The van der Waals surface area contributed by atoms with Gasteiger partial charge in [-0.25, -0.2) is 0 Å². The average Bonchev–Trinajstić information content (AvgIpc) is 2.49. The second-order valence-corrected chi connectivity index (χ2v) is 5.68. The monoisotopic (exact) mass is 303 g/mol. The number of halogens is 1. The van der Waals surface area contributed by atoms with E-state index >= 15 is 0 Å². The molecule has 0 bridgehead atoms. The Morgan fingerprint density at radius 2 is 1.71 bits per heavy atom. The first-order valence-electron chi connectivity index (χ1n) is 7.26. The van der Waals surface area contributed by atoms with E-state index in [1.54, 1.807) is 0 Å². The van der Waals surface area contributed by atoms with Crippen LogP contribution in [0, 0.1) is 13.8 Å². The molecule has 2 aromatic carbocycles. The molecule has 0 aliphatic carbocycles. The van der Waals surface area contributed by atoms with Gasteiger partial charge in [0, 0.05) is 17.6 Å². The molecule has 0 aliphatic heterocycles. The second-order valence-electron chi connectivity index (χ2n) is 5.31. The summed E-state index contributed by atoms with van der Waals surface area (Å²) in [6.45, 7) is 7.59. The molecule has 0 saturated heterocycles. The molecule has 2 nitrogen and oxygen atoms in total. The Morgan fingerprint density at radius 1 is 1.10 bits per heavy atom. The van der Waals surface area contributed by atoms with Gasteiger partial charge in [0.1, 0.15) is 12.4 Å². The molecule has 3 heteroatoms. The molecule has 1 unspecified atom stereocenters. The van der Waals surface area contributed by atoms with Gasteiger partial charge in [0.05, 0.1) is 0 Å². The van der Waals surface area contributed by atoms with Gasteiger partial charge in [-0.2, -0.15) is 0 Å². The number of ether oxygens (including phenoxy) is 1. The minimum absolute atomic E-state index is 0.323. The Labute approximate surface area is 132 Å². The van der Waals surface area contributed by atoms with Crippen molar-refractivity contribution in [2.45, 2.75) is 26.8 Å². The Bertz CT molecular complexity index is 560. The van der Waals surface area contributed by atoms with E-state index in [-0.39, 0.29) is 0 Å². The molecular weight excluding hydrogens is 282 g/mol. The van der Waals surface area contributed by atoms with E-state index in [1.807, 2.05) is 32.0 Å². The molecule has 21 heavy (non-hydrogen) atoms. The maximum absolute atomic E-state index is 6.15. The molecule has 0 aromatic heterocycles. The molecule has 1 N–H and O–H groups in total. The van der Waals surface area contributed by atoms with Crippen LogP contribution in [-0.2, 0) is 0 Å². The lowest BCUT2D eigenvalue weighted by molar-refractivity contribution is 0.307. The fourth-order valence-corrected chi connectivity index (χ4v) is 2.40. The predicted molar refractivity (Wildman–Crippen MR) is 89.3 cm³/mol. The van der Waals surface area contributed by atoms with Crippen molar-refractivity contribution >= 4 is 11.6 Å². The van der Waals surface area contributed by atoms with Gasteiger partial charge < -0.3 is 10.1 Å². The topological polar surface area (TPSA) is 21.3 Å². The summed E-state index contributed by atoms with van der Waals surface area (Å²) in [5.41, 5.74) is 3.39. The lowest BCUT2D eigenvalue weighted by atomic mass is 10.1. The Kier molecular flexibility index (Phi) is 5.66. The van der Waals surface area contributed by atoms with Gasteiger partial charge in [-0.15, -0.1) is 0 Å². The van der Waals surface area contributed by atoms with Crippen LogP contribution < -0.4 is 10.1 Å². The van der Waals surface area contributed by atoms with Crippen molar-refractivity contribution in [3.05, 3.63) is 64.2 Å². The summed E-state index contributed by atoms with van der Waals surface area (Å²) in [6.07, 6.45) is 0. The van der Waals surface area contributed by atoms with Crippen LogP contribution in [0.25, 0.3) is 0 Å². The summed E-state index contributed by atoms with van der Waals surface area (Å²) < 4.78 is 5.79. The highest BCUT2D eigenvalue weighted by Gasteiger charge is 2.05. The van der Waals surface area contributed by atoms with E-state index in [1.165, 1.54) is 5.56 Å². The molecule has 0 heterocycles. The molecule has 0 aliphatic rings. The molecule has 0 spiro atoms. The van der Waals surface area contributed by atoms with E-state index in [0.717, 1.165) is 28.4 Å². The zero-order chi connectivity index (χ0) is 15.2. The predicted octanol–water partition coefficient (Wildman–Crippen LogP) is 4.69. The summed E-state index contributed by atoms with van der Waals surface area (Å²) in [4.78, 5) is 0. The average molecular weight is 304 g/mol. The highest BCUT2D eigenvalue weighted by atomic mass is 35.5. The third-order valence-corrected chi connectivity index (χ3v) is 4.13. The van der Waals surface area contributed by atoms with Crippen molar-refractivity contribution in [3.8, 4) is 5.75 Å². The van der Waals surface area contributed by atoms with Crippen LogP contribution >= 0.6 is 11.6 Å². The standard InChI is InChI=1S/C18H22ClNO/c1-13-11-17(12-14(2)18(13)19)21-10-9-20-15(3)16-7-5-4-6-8-16/h4-8,11-12,15,20H,9-10H2,1-3H3. The minimum atomic E-state index is 0.323. The van der Waals surface area contributed by atoms with E-state index < -0.39 is 0 Å². The number of hydrogen-bond donors (Lipinski definition) is 1. The molecule has 112 valence electrons. The first-order valence-corrected chi connectivity index (χ1v) is 7.63. The normalized spacial score (nSPS) is 12.2. The van der Waals surface area contributed by atoms with Crippen molar-refractivity contribution < 1.29 is 4.74 Å². The maximum Gasteiger partial charge on any atom is 0.119 e. The van der Waals surface area contributed by atoms with Crippen LogP contribution in [0.4, 0.5) is 0 Å². The molecule has 0 amide bonds. The van der Waals surface area contributed by atoms with Crippen molar-refractivity contribution in [2.24, 2.45) is 0 Å². The van der Waals surface area contributed by atoms with Crippen LogP contribution in [0.15, 0.2) is 42.5 Å². The van der Waals surface area contributed by atoms with Crippen molar-refractivity contribution in [2.75, 3.05) is 13.2 Å². The quantitative estimate of drug-likeness (QED) is 0.782. The summed E-state index contributed by atoms with van der Waals surface area (Å²) in [5, 5.41) is 4.28. The molecule has 0 radical (unpaired) electrons. The number of aryl methyl sites for hydroxylation is 2. The smallest absolute Gasteiger partial charge is 0.119 e. The molecule has 0 saturated carbocycles. The summed E-state index contributed by atoms with van der Waals surface area (Å²) in [5.74, 6) is 0.878. The van der Waals surface area contributed by atoms with Gasteiger partial charge in [0.2, 0.25) is 0 Å². The highest BCUT2D eigenvalue weighted by molar-refractivity contribution is 6.32. The van der Waals surface area contributed by atoms with Crippen LogP contribution in [0.1, 0.15) is 29.7 Å². The number of benzene rings is 2. The first-order chi connectivity index (χ1) is 10.1. The molecule has 1 atom stereocenters. The zero-order valence-corrected chi connectivity index (χ0v) is 13.6. The number of rotatable bonds is 6. The zero-order valence-electron chi connectivity index (χ0n) is 12.8. The number of hydrogen-bond acceptors (Lipinski definition) is 2. The Hall–Kier alpha value is -1.51. The summed E-state index contributed by atoms with van der Waals surface area (Å²) in [7, 11) is 0. The van der Waals surface area contributed by atoms with Gasteiger partial charge in [-0.3, -0.25) is 0 Å². The fraction of sp³-hybridized carbons (Fsp3) is 0.333. The number of nitrogens with one attached hydrogen (secondary N) is 1. The minimum Gasteiger partial charge on any atom is -0.492 e. The third-order valence-electron chi connectivity index (χ3n) is 3.53. The van der Waals surface area contributed by atoms with Gasteiger partial charge in [0.15, 0.2) is 0 Å². The van der Waals surface area contributed by atoms with E-state index in [9.17, 15) is 0 Å². The lowest BCUT2D eigenvalue weighted by Crippen LogP contribution is -2.24. The molecule has 2 aromatic rings.